The summed E-state index contributed by atoms with van der Waals surface area (Å²) in [5, 5.41) is 1.22. The Labute approximate surface area is 218 Å². The molecule has 1 aliphatic heterocycles. The molecule has 0 fully saturated rings. The molecule has 6 heteroatoms. The van der Waals surface area contributed by atoms with Crippen molar-refractivity contribution in [3.05, 3.63) is 89.1 Å². The summed E-state index contributed by atoms with van der Waals surface area (Å²) in [4.78, 5) is 19.6. The van der Waals surface area contributed by atoms with Gasteiger partial charge in [0.15, 0.2) is 11.5 Å². The highest BCUT2D eigenvalue weighted by Crippen LogP contribution is 2.40. The summed E-state index contributed by atoms with van der Waals surface area (Å²) in [5.74, 6) is 2.18. The van der Waals surface area contributed by atoms with Crippen molar-refractivity contribution in [3.8, 4) is 17.2 Å². The number of hydrogen-bond acceptors (Lipinski definition) is 4. The molecular formula is C31H34N2O4. The minimum absolute atomic E-state index is 0.0470. The van der Waals surface area contributed by atoms with Crippen molar-refractivity contribution in [3.63, 3.8) is 0 Å². The van der Waals surface area contributed by atoms with Crippen LogP contribution in [0.3, 0.4) is 0 Å². The summed E-state index contributed by atoms with van der Waals surface area (Å²) in [6.45, 7) is 8.12. The minimum Gasteiger partial charge on any atom is -0.494 e. The summed E-state index contributed by atoms with van der Waals surface area (Å²) < 4.78 is 17.5. The Bertz CT molecular complexity index is 1390. The first-order chi connectivity index (χ1) is 18.1. The van der Waals surface area contributed by atoms with Gasteiger partial charge in [-0.1, -0.05) is 42.5 Å². The zero-order valence-electron chi connectivity index (χ0n) is 21.8. The second-order valence-electron chi connectivity index (χ2n) is 9.10. The van der Waals surface area contributed by atoms with Crippen molar-refractivity contribution >= 4 is 16.8 Å². The Morgan fingerprint density at radius 1 is 0.919 bits per heavy atom. The molecule has 4 aromatic rings. The van der Waals surface area contributed by atoms with Gasteiger partial charge in [-0.3, -0.25) is 4.79 Å². The number of aromatic amines is 1. The van der Waals surface area contributed by atoms with Crippen LogP contribution in [0, 0.1) is 0 Å². The van der Waals surface area contributed by atoms with Crippen LogP contribution in [0.15, 0.2) is 66.7 Å². The Hall–Kier alpha value is -3.93. The number of para-hydroxylation sites is 2. The van der Waals surface area contributed by atoms with Gasteiger partial charge in [-0.2, -0.15) is 0 Å². The van der Waals surface area contributed by atoms with Gasteiger partial charge in [-0.15, -0.1) is 0 Å². The fourth-order valence-electron chi connectivity index (χ4n) is 5.34. The highest BCUT2D eigenvalue weighted by atomic mass is 16.5. The lowest BCUT2D eigenvalue weighted by Gasteiger charge is -2.36. The molecule has 1 atom stereocenters. The van der Waals surface area contributed by atoms with Gasteiger partial charge in [0, 0.05) is 28.7 Å². The molecule has 1 N–H and O–H groups in total. The smallest absolute Gasteiger partial charge is 0.227 e. The number of carbonyl (C=O) groups excluding carboxylic acids is 1. The molecule has 0 spiro atoms. The van der Waals surface area contributed by atoms with E-state index in [2.05, 4.69) is 35.3 Å². The summed E-state index contributed by atoms with van der Waals surface area (Å²) in [7, 11) is 0. The summed E-state index contributed by atoms with van der Waals surface area (Å²) >= 11 is 0. The van der Waals surface area contributed by atoms with Crippen LogP contribution in [-0.2, 0) is 17.6 Å². The van der Waals surface area contributed by atoms with Crippen LogP contribution in [0.2, 0.25) is 0 Å². The van der Waals surface area contributed by atoms with Gasteiger partial charge in [0.05, 0.1) is 32.3 Å². The number of ether oxygens (including phenoxy) is 3. The highest BCUT2D eigenvalue weighted by Gasteiger charge is 2.35. The van der Waals surface area contributed by atoms with E-state index in [1.807, 2.05) is 62.1 Å². The maximum Gasteiger partial charge on any atom is 0.227 e. The molecule has 3 aromatic carbocycles. The zero-order chi connectivity index (χ0) is 25.8. The third-order valence-corrected chi connectivity index (χ3v) is 6.83. The number of H-pyrrole nitrogens is 1. The lowest BCUT2D eigenvalue weighted by atomic mass is 9.91. The Morgan fingerprint density at radius 2 is 1.70 bits per heavy atom. The molecule has 192 valence electrons. The molecule has 0 bridgehead atoms. The lowest BCUT2D eigenvalue weighted by molar-refractivity contribution is -0.132. The van der Waals surface area contributed by atoms with Crippen molar-refractivity contribution in [2.75, 3.05) is 26.4 Å². The molecule has 1 aromatic heterocycles. The predicted octanol–water partition coefficient (Wildman–Crippen LogP) is 6.08. The molecule has 1 amide bonds. The quantitative estimate of drug-likeness (QED) is 0.304. The van der Waals surface area contributed by atoms with Crippen molar-refractivity contribution in [1.82, 2.24) is 9.88 Å². The monoisotopic (exact) mass is 498 g/mol. The molecule has 0 aliphatic carbocycles. The van der Waals surface area contributed by atoms with Crippen molar-refractivity contribution in [2.45, 2.75) is 39.7 Å². The fourth-order valence-corrected chi connectivity index (χ4v) is 5.34. The number of benzene rings is 3. The SMILES string of the molecule is CCOc1cccc([C@@H]2c3[nH]c4ccccc4c3CCN2C(=O)Cc2cccc(OCC)c2OCC)c1. The van der Waals surface area contributed by atoms with Crippen molar-refractivity contribution < 1.29 is 19.0 Å². The van der Waals surface area contributed by atoms with E-state index in [-0.39, 0.29) is 18.4 Å². The standard InChI is InChI=1S/C31H34N2O4/c1-4-35-23-13-9-11-21(19-23)30-29-25(24-14-7-8-15-26(24)32-29)17-18-33(30)28(34)20-22-12-10-16-27(36-5-2)31(22)37-6-3/h7-16,19,30,32H,4-6,17-18,20H2,1-3H3/t30-/m1/s1. The van der Waals surface area contributed by atoms with Gasteiger partial charge in [-0.25, -0.2) is 0 Å². The number of carbonyl (C=O) groups is 1. The average molecular weight is 499 g/mol. The minimum atomic E-state index is -0.241. The number of fused-ring (bicyclic) bond motifs is 3. The van der Waals surface area contributed by atoms with Crippen LogP contribution >= 0.6 is 0 Å². The van der Waals surface area contributed by atoms with E-state index in [9.17, 15) is 4.79 Å². The first-order valence-corrected chi connectivity index (χ1v) is 13.1. The zero-order valence-corrected chi connectivity index (χ0v) is 21.8. The molecule has 1 aliphatic rings. The lowest BCUT2D eigenvalue weighted by Crippen LogP contribution is -2.41. The number of nitrogens with zero attached hydrogens (tertiary/aromatic N) is 1. The number of aromatic nitrogens is 1. The Balaban J connectivity index is 1.55. The molecule has 0 saturated heterocycles. The summed E-state index contributed by atoms with van der Waals surface area (Å²) in [5.41, 5.74) is 5.31. The summed E-state index contributed by atoms with van der Waals surface area (Å²) in [6, 6.07) is 22.0. The maximum absolute atomic E-state index is 14.0. The molecule has 2 heterocycles. The third kappa shape index (κ3) is 4.88. The maximum atomic E-state index is 14.0. The highest BCUT2D eigenvalue weighted by molar-refractivity contribution is 5.87. The van der Waals surface area contributed by atoms with Gasteiger partial charge in [-0.05, 0) is 62.6 Å². The van der Waals surface area contributed by atoms with E-state index in [4.69, 9.17) is 14.2 Å². The van der Waals surface area contributed by atoms with Crippen LogP contribution in [0.1, 0.15) is 49.2 Å². The number of nitrogens with one attached hydrogen (secondary N) is 1. The third-order valence-electron chi connectivity index (χ3n) is 6.83. The van der Waals surface area contributed by atoms with Crippen LogP contribution in [0.5, 0.6) is 17.2 Å². The predicted molar refractivity (Wildman–Crippen MR) is 146 cm³/mol. The fraction of sp³-hybridized carbons (Fsp3) is 0.323. The van der Waals surface area contributed by atoms with Gasteiger partial charge >= 0.3 is 0 Å². The van der Waals surface area contributed by atoms with Crippen LogP contribution < -0.4 is 14.2 Å². The Kier molecular flexibility index (Phi) is 7.35. The molecule has 5 rings (SSSR count). The van der Waals surface area contributed by atoms with E-state index in [0.717, 1.165) is 34.5 Å². The Morgan fingerprint density at radius 3 is 2.51 bits per heavy atom. The largest absolute Gasteiger partial charge is 0.494 e. The summed E-state index contributed by atoms with van der Waals surface area (Å²) in [6.07, 6.45) is 1.03. The number of rotatable bonds is 9. The molecule has 0 radical (unpaired) electrons. The molecule has 6 nitrogen and oxygen atoms in total. The van der Waals surface area contributed by atoms with E-state index in [1.165, 1.54) is 10.9 Å². The van der Waals surface area contributed by atoms with E-state index < -0.39 is 0 Å². The number of hydrogen-bond donors (Lipinski definition) is 1. The van der Waals surface area contributed by atoms with Crippen LogP contribution in [0.4, 0.5) is 0 Å². The molecule has 37 heavy (non-hydrogen) atoms. The first-order valence-electron chi connectivity index (χ1n) is 13.1. The van der Waals surface area contributed by atoms with Crippen molar-refractivity contribution in [2.24, 2.45) is 0 Å². The van der Waals surface area contributed by atoms with Gasteiger partial charge in [0.25, 0.3) is 0 Å². The van der Waals surface area contributed by atoms with Crippen LogP contribution in [0.25, 0.3) is 10.9 Å². The second kappa shape index (κ2) is 11.0. The van der Waals surface area contributed by atoms with Gasteiger partial charge < -0.3 is 24.1 Å². The van der Waals surface area contributed by atoms with Gasteiger partial charge in [0.1, 0.15) is 5.75 Å². The molecule has 0 saturated carbocycles. The second-order valence-corrected chi connectivity index (χ2v) is 9.10. The molecule has 0 unspecified atom stereocenters. The van der Waals surface area contributed by atoms with E-state index in [0.29, 0.717) is 37.9 Å². The van der Waals surface area contributed by atoms with Crippen LogP contribution in [-0.4, -0.2) is 42.2 Å². The van der Waals surface area contributed by atoms with E-state index >= 15 is 0 Å². The topological polar surface area (TPSA) is 63.8 Å². The van der Waals surface area contributed by atoms with Gasteiger partial charge in [0.2, 0.25) is 5.91 Å². The van der Waals surface area contributed by atoms with E-state index in [1.54, 1.807) is 0 Å². The molecular weight excluding hydrogens is 464 g/mol. The number of amides is 1. The van der Waals surface area contributed by atoms with Crippen molar-refractivity contribution in [1.29, 1.82) is 0 Å². The first kappa shape index (κ1) is 24.8. The average Bonchev–Trinajstić information content (AvgIpc) is 3.29. The normalized spacial score (nSPS) is 14.9.